The van der Waals surface area contributed by atoms with Crippen LogP contribution in [0.15, 0.2) is 42.7 Å². The van der Waals surface area contributed by atoms with E-state index in [4.69, 9.17) is 0 Å². The van der Waals surface area contributed by atoms with Gasteiger partial charge < -0.3 is 5.32 Å². The van der Waals surface area contributed by atoms with E-state index in [0.29, 0.717) is 0 Å². The standard InChI is InChI=1S/C16H20N2/c1-3-8-18-12-14-5-4-13(2)16(11-14)15-6-9-17-10-7-15/h4-7,9-11,18H,3,8,12H2,1-2H3. The second kappa shape index (κ2) is 6.31. The molecule has 0 radical (unpaired) electrons. The Labute approximate surface area is 109 Å². The number of nitrogens with zero attached hydrogens (tertiary/aromatic N) is 1. The van der Waals surface area contributed by atoms with Crippen molar-refractivity contribution in [3.8, 4) is 11.1 Å². The Balaban J connectivity index is 2.22. The summed E-state index contributed by atoms with van der Waals surface area (Å²) in [4.78, 5) is 4.07. The van der Waals surface area contributed by atoms with Gasteiger partial charge in [-0.1, -0.05) is 19.1 Å². The quantitative estimate of drug-likeness (QED) is 0.808. The molecule has 1 aromatic heterocycles. The fourth-order valence-electron chi connectivity index (χ4n) is 2.03. The summed E-state index contributed by atoms with van der Waals surface area (Å²) in [5.74, 6) is 0. The Kier molecular flexibility index (Phi) is 4.48. The van der Waals surface area contributed by atoms with Gasteiger partial charge in [-0.2, -0.15) is 0 Å². The molecule has 0 fully saturated rings. The van der Waals surface area contributed by atoms with Crippen molar-refractivity contribution in [3.63, 3.8) is 0 Å². The summed E-state index contributed by atoms with van der Waals surface area (Å²) < 4.78 is 0. The minimum absolute atomic E-state index is 0.937. The normalized spacial score (nSPS) is 10.6. The summed E-state index contributed by atoms with van der Waals surface area (Å²) in [6, 6.07) is 10.8. The highest BCUT2D eigenvalue weighted by molar-refractivity contribution is 5.67. The molecule has 1 aromatic carbocycles. The Bertz CT molecular complexity index is 492. The van der Waals surface area contributed by atoms with Gasteiger partial charge in [0.25, 0.3) is 0 Å². The highest BCUT2D eigenvalue weighted by Gasteiger charge is 2.03. The van der Waals surface area contributed by atoms with Crippen molar-refractivity contribution in [1.82, 2.24) is 10.3 Å². The van der Waals surface area contributed by atoms with Crippen LogP contribution >= 0.6 is 0 Å². The van der Waals surface area contributed by atoms with Crippen LogP contribution in [0, 0.1) is 6.92 Å². The minimum atomic E-state index is 0.937. The van der Waals surface area contributed by atoms with E-state index in [1.165, 1.54) is 28.7 Å². The van der Waals surface area contributed by atoms with Crippen molar-refractivity contribution in [2.45, 2.75) is 26.8 Å². The molecule has 2 nitrogen and oxygen atoms in total. The molecule has 0 aliphatic heterocycles. The van der Waals surface area contributed by atoms with Gasteiger partial charge in [-0.25, -0.2) is 0 Å². The molecule has 0 atom stereocenters. The molecule has 2 aromatic rings. The molecule has 2 heteroatoms. The van der Waals surface area contributed by atoms with Crippen LogP contribution in [0.1, 0.15) is 24.5 Å². The number of hydrogen-bond donors (Lipinski definition) is 1. The summed E-state index contributed by atoms with van der Waals surface area (Å²) in [6.45, 7) is 6.34. The van der Waals surface area contributed by atoms with E-state index in [9.17, 15) is 0 Å². The molecule has 0 spiro atoms. The summed E-state index contributed by atoms with van der Waals surface area (Å²) in [5.41, 5.74) is 5.18. The molecular formula is C16H20N2. The lowest BCUT2D eigenvalue weighted by molar-refractivity contribution is 0.675. The number of benzene rings is 1. The predicted octanol–water partition coefficient (Wildman–Crippen LogP) is 3.56. The molecule has 0 saturated heterocycles. The maximum atomic E-state index is 4.07. The monoisotopic (exact) mass is 240 g/mol. The highest BCUT2D eigenvalue weighted by atomic mass is 14.8. The number of nitrogens with one attached hydrogen (secondary N) is 1. The smallest absolute Gasteiger partial charge is 0.0273 e. The zero-order chi connectivity index (χ0) is 12.8. The summed E-state index contributed by atoms with van der Waals surface area (Å²) in [7, 11) is 0. The van der Waals surface area contributed by atoms with E-state index in [1.807, 2.05) is 12.4 Å². The van der Waals surface area contributed by atoms with Gasteiger partial charge >= 0.3 is 0 Å². The van der Waals surface area contributed by atoms with Gasteiger partial charge in [-0.15, -0.1) is 0 Å². The van der Waals surface area contributed by atoms with Gasteiger partial charge in [0, 0.05) is 18.9 Å². The molecular weight excluding hydrogens is 220 g/mol. The van der Waals surface area contributed by atoms with Crippen molar-refractivity contribution in [1.29, 1.82) is 0 Å². The molecule has 0 amide bonds. The first-order valence-electron chi connectivity index (χ1n) is 6.52. The van der Waals surface area contributed by atoms with Gasteiger partial charge in [0.15, 0.2) is 0 Å². The lowest BCUT2D eigenvalue weighted by Gasteiger charge is -2.09. The van der Waals surface area contributed by atoms with E-state index < -0.39 is 0 Å². The van der Waals surface area contributed by atoms with Crippen molar-refractivity contribution >= 4 is 0 Å². The van der Waals surface area contributed by atoms with Gasteiger partial charge in [0.2, 0.25) is 0 Å². The van der Waals surface area contributed by atoms with E-state index >= 15 is 0 Å². The lowest BCUT2D eigenvalue weighted by Crippen LogP contribution is -2.13. The van der Waals surface area contributed by atoms with Gasteiger partial charge in [0.1, 0.15) is 0 Å². The number of hydrogen-bond acceptors (Lipinski definition) is 2. The average molecular weight is 240 g/mol. The summed E-state index contributed by atoms with van der Waals surface area (Å²) in [5, 5.41) is 3.44. The Hall–Kier alpha value is -1.67. The number of aryl methyl sites for hydroxylation is 1. The maximum absolute atomic E-state index is 4.07. The van der Waals surface area contributed by atoms with Gasteiger partial charge in [-0.05, 0) is 60.3 Å². The molecule has 1 N–H and O–H groups in total. The van der Waals surface area contributed by atoms with Crippen LogP contribution < -0.4 is 5.32 Å². The van der Waals surface area contributed by atoms with E-state index in [1.54, 1.807) is 0 Å². The average Bonchev–Trinajstić information content (AvgIpc) is 2.42. The first kappa shape index (κ1) is 12.8. The third-order valence-electron chi connectivity index (χ3n) is 3.05. The SMILES string of the molecule is CCCNCc1ccc(C)c(-c2ccncc2)c1. The first-order valence-corrected chi connectivity index (χ1v) is 6.52. The van der Waals surface area contributed by atoms with Crippen molar-refractivity contribution in [3.05, 3.63) is 53.9 Å². The lowest BCUT2D eigenvalue weighted by atomic mass is 9.99. The molecule has 18 heavy (non-hydrogen) atoms. The molecule has 0 aliphatic rings. The third-order valence-corrected chi connectivity index (χ3v) is 3.05. The van der Waals surface area contributed by atoms with Crippen molar-refractivity contribution in [2.75, 3.05) is 6.54 Å². The fraction of sp³-hybridized carbons (Fsp3) is 0.312. The second-order valence-electron chi connectivity index (χ2n) is 4.56. The maximum Gasteiger partial charge on any atom is 0.0273 e. The van der Waals surface area contributed by atoms with Crippen molar-refractivity contribution < 1.29 is 0 Å². The Morgan fingerprint density at radius 3 is 2.61 bits per heavy atom. The first-order chi connectivity index (χ1) is 8.81. The van der Waals surface area contributed by atoms with Crippen LogP contribution in [-0.4, -0.2) is 11.5 Å². The third kappa shape index (κ3) is 3.17. The number of aromatic nitrogens is 1. The Morgan fingerprint density at radius 2 is 1.89 bits per heavy atom. The zero-order valence-electron chi connectivity index (χ0n) is 11.1. The van der Waals surface area contributed by atoms with Crippen LogP contribution in [0.4, 0.5) is 0 Å². The minimum Gasteiger partial charge on any atom is -0.313 e. The molecule has 0 bridgehead atoms. The number of pyridine rings is 1. The molecule has 0 aliphatic carbocycles. The molecule has 94 valence electrons. The van der Waals surface area contributed by atoms with Crippen LogP contribution in [-0.2, 0) is 6.54 Å². The van der Waals surface area contributed by atoms with Crippen molar-refractivity contribution in [2.24, 2.45) is 0 Å². The van der Waals surface area contributed by atoms with E-state index in [2.05, 4.69) is 54.5 Å². The van der Waals surface area contributed by atoms with E-state index in [-0.39, 0.29) is 0 Å². The van der Waals surface area contributed by atoms with Crippen LogP contribution in [0.2, 0.25) is 0 Å². The summed E-state index contributed by atoms with van der Waals surface area (Å²) in [6.07, 6.45) is 4.86. The molecule has 0 unspecified atom stereocenters. The molecule has 1 heterocycles. The predicted molar refractivity (Wildman–Crippen MR) is 76.4 cm³/mol. The zero-order valence-corrected chi connectivity index (χ0v) is 11.1. The summed E-state index contributed by atoms with van der Waals surface area (Å²) >= 11 is 0. The topological polar surface area (TPSA) is 24.9 Å². The Morgan fingerprint density at radius 1 is 1.11 bits per heavy atom. The number of rotatable bonds is 5. The van der Waals surface area contributed by atoms with Crippen LogP contribution in [0.3, 0.4) is 0 Å². The fourth-order valence-corrected chi connectivity index (χ4v) is 2.03. The van der Waals surface area contributed by atoms with Crippen LogP contribution in [0.5, 0.6) is 0 Å². The second-order valence-corrected chi connectivity index (χ2v) is 4.56. The largest absolute Gasteiger partial charge is 0.313 e. The van der Waals surface area contributed by atoms with Gasteiger partial charge in [-0.3, -0.25) is 4.98 Å². The van der Waals surface area contributed by atoms with E-state index in [0.717, 1.165) is 13.1 Å². The highest BCUT2D eigenvalue weighted by Crippen LogP contribution is 2.23. The molecule has 2 rings (SSSR count). The van der Waals surface area contributed by atoms with Gasteiger partial charge in [0.05, 0.1) is 0 Å². The molecule has 0 saturated carbocycles. The van der Waals surface area contributed by atoms with Crippen LogP contribution in [0.25, 0.3) is 11.1 Å².